The summed E-state index contributed by atoms with van der Waals surface area (Å²) < 4.78 is 27.4. The lowest BCUT2D eigenvalue weighted by molar-refractivity contribution is -0.385. The first-order chi connectivity index (χ1) is 9.81. The Morgan fingerprint density at radius 2 is 2.09 bits per heavy atom. The molecule has 0 bridgehead atoms. The number of nitro benzene ring substituents is 1. The Bertz CT molecular complexity index is 651. The number of nitro groups is 1. The van der Waals surface area contributed by atoms with Gasteiger partial charge in [0.2, 0.25) is 10.0 Å². The van der Waals surface area contributed by atoms with Gasteiger partial charge in [-0.3, -0.25) is 10.1 Å². The van der Waals surface area contributed by atoms with Gasteiger partial charge in [0, 0.05) is 24.2 Å². The highest BCUT2D eigenvalue weighted by Crippen LogP contribution is 2.23. The van der Waals surface area contributed by atoms with Crippen molar-refractivity contribution in [3.63, 3.8) is 0 Å². The van der Waals surface area contributed by atoms with Crippen LogP contribution in [0, 0.1) is 23.0 Å². The molecular formula is C13H20ClN3O4S. The zero-order chi connectivity index (χ0) is 15.6. The highest BCUT2D eigenvalue weighted by Gasteiger charge is 2.27. The van der Waals surface area contributed by atoms with Gasteiger partial charge in [0.15, 0.2) is 0 Å². The van der Waals surface area contributed by atoms with Crippen molar-refractivity contribution >= 4 is 28.1 Å². The fourth-order valence-electron chi connectivity index (χ4n) is 2.37. The van der Waals surface area contributed by atoms with Crippen molar-refractivity contribution < 1.29 is 13.3 Å². The molecule has 2 atom stereocenters. The molecule has 0 aliphatic carbocycles. The number of piperidine rings is 1. The molecule has 0 saturated carbocycles. The monoisotopic (exact) mass is 349 g/mol. The SMILES string of the molecule is Cc1ccc(S(=O)(=O)NC2CNCCC2C)cc1[N+](=O)[O-].Cl. The lowest BCUT2D eigenvalue weighted by atomic mass is 9.96. The maximum atomic E-state index is 12.4. The van der Waals surface area contributed by atoms with Gasteiger partial charge >= 0.3 is 0 Å². The van der Waals surface area contributed by atoms with E-state index in [1.54, 1.807) is 6.92 Å². The third-order valence-corrected chi connectivity index (χ3v) is 5.31. The van der Waals surface area contributed by atoms with E-state index in [1.165, 1.54) is 12.1 Å². The Kier molecular flexibility index (Phi) is 6.30. The van der Waals surface area contributed by atoms with Crippen molar-refractivity contribution in [2.24, 2.45) is 5.92 Å². The van der Waals surface area contributed by atoms with E-state index < -0.39 is 14.9 Å². The summed E-state index contributed by atoms with van der Waals surface area (Å²) in [4.78, 5) is 10.3. The molecule has 2 rings (SSSR count). The number of rotatable bonds is 4. The Hall–Kier alpha value is -1.22. The smallest absolute Gasteiger partial charge is 0.273 e. The van der Waals surface area contributed by atoms with Crippen LogP contribution in [0.25, 0.3) is 0 Å². The van der Waals surface area contributed by atoms with Gasteiger partial charge in [-0.2, -0.15) is 0 Å². The Balaban J connectivity index is 0.00000242. The van der Waals surface area contributed by atoms with Crippen molar-refractivity contribution in [3.05, 3.63) is 33.9 Å². The van der Waals surface area contributed by atoms with Gasteiger partial charge in [-0.1, -0.05) is 13.0 Å². The van der Waals surface area contributed by atoms with E-state index in [0.717, 1.165) is 19.0 Å². The standard InChI is InChI=1S/C13H19N3O4S.ClH/c1-9-5-6-14-8-12(9)15-21(19,20)11-4-3-10(2)13(7-11)16(17)18;/h3-4,7,9,12,14-15H,5-6,8H2,1-2H3;1H. The minimum Gasteiger partial charge on any atom is -0.315 e. The zero-order valence-corrected chi connectivity index (χ0v) is 14.0. The van der Waals surface area contributed by atoms with Gasteiger partial charge in [0.25, 0.3) is 5.69 Å². The number of nitrogens with zero attached hydrogens (tertiary/aromatic N) is 1. The van der Waals surface area contributed by atoms with Gasteiger partial charge in [-0.05, 0) is 31.9 Å². The highest BCUT2D eigenvalue weighted by atomic mass is 35.5. The minimum absolute atomic E-state index is 0. The maximum Gasteiger partial charge on any atom is 0.273 e. The second-order valence-electron chi connectivity index (χ2n) is 5.40. The molecule has 0 aromatic heterocycles. The van der Waals surface area contributed by atoms with Crippen molar-refractivity contribution in [2.75, 3.05) is 13.1 Å². The molecule has 1 saturated heterocycles. The molecule has 1 aromatic carbocycles. The average molecular weight is 350 g/mol. The van der Waals surface area contributed by atoms with Crippen molar-refractivity contribution in [3.8, 4) is 0 Å². The van der Waals surface area contributed by atoms with Crippen LogP contribution in [-0.4, -0.2) is 32.5 Å². The normalized spacial score (nSPS) is 21.9. The summed E-state index contributed by atoms with van der Waals surface area (Å²) in [5, 5.41) is 14.1. The van der Waals surface area contributed by atoms with Crippen LogP contribution in [0.4, 0.5) is 5.69 Å². The molecule has 22 heavy (non-hydrogen) atoms. The molecule has 0 amide bonds. The third-order valence-electron chi connectivity index (χ3n) is 3.82. The van der Waals surface area contributed by atoms with E-state index in [0.29, 0.717) is 12.1 Å². The van der Waals surface area contributed by atoms with Gasteiger partial charge in [-0.25, -0.2) is 13.1 Å². The summed E-state index contributed by atoms with van der Waals surface area (Å²) in [6.07, 6.45) is 0.890. The van der Waals surface area contributed by atoms with Gasteiger partial charge in [0.05, 0.1) is 9.82 Å². The van der Waals surface area contributed by atoms with Crippen LogP contribution < -0.4 is 10.0 Å². The van der Waals surface area contributed by atoms with E-state index in [4.69, 9.17) is 0 Å². The summed E-state index contributed by atoms with van der Waals surface area (Å²) in [5.41, 5.74) is 0.249. The predicted molar refractivity (Wildman–Crippen MR) is 85.8 cm³/mol. The third kappa shape index (κ3) is 4.16. The molecule has 1 aromatic rings. The molecule has 2 N–H and O–H groups in total. The maximum absolute atomic E-state index is 12.4. The molecule has 1 aliphatic rings. The van der Waals surface area contributed by atoms with Crippen LogP contribution in [0.5, 0.6) is 0 Å². The number of sulfonamides is 1. The molecule has 124 valence electrons. The van der Waals surface area contributed by atoms with E-state index in [1.807, 2.05) is 6.92 Å². The van der Waals surface area contributed by atoms with E-state index in [-0.39, 0.29) is 34.9 Å². The number of hydrogen-bond donors (Lipinski definition) is 2. The predicted octanol–water partition coefficient (Wildman–Crippen LogP) is 1.60. The van der Waals surface area contributed by atoms with Crippen LogP contribution in [0.15, 0.2) is 23.1 Å². The molecule has 1 fully saturated rings. The van der Waals surface area contributed by atoms with E-state index >= 15 is 0 Å². The number of halogens is 1. The molecule has 0 radical (unpaired) electrons. The molecule has 1 aliphatic heterocycles. The number of nitrogens with one attached hydrogen (secondary N) is 2. The number of hydrogen-bond acceptors (Lipinski definition) is 5. The topological polar surface area (TPSA) is 101 Å². The van der Waals surface area contributed by atoms with Crippen LogP contribution in [0.2, 0.25) is 0 Å². The zero-order valence-electron chi connectivity index (χ0n) is 12.4. The molecule has 2 unspecified atom stereocenters. The molecule has 9 heteroatoms. The first-order valence-corrected chi connectivity index (χ1v) is 8.27. The average Bonchev–Trinajstić information content (AvgIpc) is 2.41. The van der Waals surface area contributed by atoms with Gasteiger partial charge < -0.3 is 5.32 Å². The van der Waals surface area contributed by atoms with E-state index in [2.05, 4.69) is 10.0 Å². The fourth-order valence-corrected chi connectivity index (χ4v) is 3.73. The van der Waals surface area contributed by atoms with Crippen LogP contribution in [0.3, 0.4) is 0 Å². The second kappa shape index (κ2) is 7.36. The number of benzene rings is 1. The lowest BCUT2D eigenvalue weighted by Crippen LogP contribution is -2.50. The summed E-state index contributed by atoms with van der Waals surface area (Å²) in [6, 6.07) is 3.75. The Labute approximate surface area is 136 Å². The molecule has 0 spiro atoms. The van der Waals surface area contributed by atoms with Crippen LogP contribution >= 0.6 is 12.4 Å². The summed E-state index contributed by atoms with van der Waals surface area (Å²) in [6.45, 7) is 5.00. The van der Waals surface area contributed by atoms with Crippen LogP contribution in [-0.2, 0) is 10.0 Å². The molecule has 1 heterocycles. The molecular weight excluding hydrogens is 330 g/mol. The largest absolute Gasteiger partial charge is 0.315 e. The van der Waals surface area contributed by atoms with Crippen LogP contribution in [0.1, 0.15) is 18.9 Å². The Morgan fingerprint density at radius 3 is 2.68 bits per heavy atom. The highest BCUT2D eigenvalue weighted by molar-refractivity contribution is 7.89. The van der Waals surface area contributed by atoms with Gasteiger partial charge in [0.1, 0.15) is 0 Å². The fraction of sp³-hybridized carbons (Fsp3) is 0.538. The minimum atomic E-state index is -3.76. The van der Waals surface area contributed by atoms with Gasteiger partial charge in [-0.15, -0.1) is 12.4 Å². The lowest BCUT2D eigenvalue weighted by Gasteiger charge is -2.29. The van der Waals surface area contributed by atoms with Crippen molar-refractivity contribution in [2.45, 2.75) is 31.2 Å². The summed E-state index contributed by atoms with van der Waals surface area (Å²) in [7, 11) is -3.76. The quantitative estimate of drug-likeness (QED) is 0.635. The van der Waals surface area contributed by atoms with Crippen molar-refractivity contribution in [1.29, 1.82) is 0 Å². The first-order valence-electron chi connectivity index (χ1n) is 6.79. The number of aryl methyl sites for hydroxylation is 1. The summed E-state index contributed by atoms with van der Waals surface area (Å²) in [5.74, 6) is 0.224. The Morgan fingerprint density at radius 1 is 1.41 bits per heavy atom. The van der Waals surface area contributed by atoms with E-state index in [9.17, 15) is 18.5 Å². The second-order valence-corrected chi connectivity index (χ2v) is 7.12. The summed E-state index contributed by atoms with van der Waals surface area (Å²) >= 11 is 0. The first kappa shape index (κ1) is 18.8. The van der Waals surface area contributed by atoms with Crippen molar-refractivity contribution in [1.82, 2.24) is 10.0 Å². The molecule has 7 nitrogen and oxygen atoms in total.